The molecule has 2 N–H and O–H groups in total. The van der Waals surface area contributed by atoms with Gasteiger partial charge in [-0.1, -0.05) is 11.8 Å². The van der Waals surface area contributed by atoms with Crippen LogP contribution in [-0.4, -0.2) is 40.1 Å². The molecular formula is C18H24N4O2S2. The number of aryl methyl sites for hydroxylation is 3. The lowest BCUT2D eigenvalue weighted by atomic mass is 9.97. The van der Waals surface area contributed by atoms with Gasteiger partial charge in [-0.25, -0.2) is 9.97 Å². The number of thiophene rings is 1. The molecule has 8 heteroatoms. The van der Waals surface area contributed by atoms with Gasteiger partial charge in [-0.3, -0.25) is 9.59 Å². The Kier molecular flexibility index (Phi) is 6.13. The molecule has 0 aromatic carbocycles. The van der Waals surface area contributed by atoms with Crippen LogP contribution in [0.2, 0.25) is 0 Å². The summed E-state index contributed by atoms with van der Waals surface area (Å²) in [7, 11) is 0. The fraction of sp³-hybridized carbons (Fsp3) is 0.556. The molecule has 2 aromatic rings. The largest absolute Gasteiger partial charge is 0.352 e. The predicted molar refractivity (Wildman–Crippen MR) is 106 cm³/mol. The number of carbonyl (C=O) groups excluding carboxylic acids is 2. The molecule has 2 aromatic heterocycles. The zero-order valence-corrected chi connectivity index (χ0v) is 17.0. The Bertz CT molecular complexity index is 832. The fourth-order valence-corrected chi connectivity index (χ4v) is 5.37. The van der Waals surface area contributed by atoms with Crippen molar-refractivity contribution in [2.75, 3.05) is 12.3 Å². The number of amides is 2. The molecule has 3 rings (SSSR count). The Labute approximate surface area is 161 Å². The molecule has 0 atom stereocenters. The number of carbonyl (C=O) groups is 2. The summed E-state index contributed by atoms with van der Waals surface area (Å²) in [5.74, 6) is 0.633. The smallest absolute Gasteiger partial charge is 0.239 e. The highest BCUT2D eigenvalue weighted by Gasteiger charge is 2.21. The normalized spacial score (nSPS) is 13.7. The van der Waals surface area contributed by atoms with Gasteiger partial charge in [0.05, 0.1) is 12.3 Å². The van der Waals surface area contributed by atoms with Gasteiger partial charge >= 0.3 is 0 Å². The first-order valence-electron chi connectivity index (χ1n) is 8.91. The minimum atomic E-state index is -0.175. The summed E-state index contributed by atoms with van der Waals surface area (Å²) in [6.45, 7) is 5.67. The van der Waals surface area contributed by atoms with E-state index in [1.54, 1.807) is 11.3 Å². The highest BCUT2D eigenvalue weighted by atomic mass is 32.2. The minimum Gasteiger partial charge on any atom is -0.352 e. The highest BCUT2D eigenvalue weighted by molar-refractivity contribution is 8.00. The molecule has 0 saturated carbocycles. The van der Waals surface area contributed by atoms with Crippen LogP contribution in [0.1, 0.15) is 43.0 Å². The maximum atomic E-state index is 12.1. The lowest BCUT2D eigenvalue weighted by Gasteiger charge is -2.12. The second-order valence-corrected chi connectivity index (χ2v) is 8.80. The van der Waals surface area contributed by atoms with Crippen LogP contribution >= 0.6 is 23.1 Å². The van der Waals surface area contributed by atoms with Gasteiger partial charge < -0.3 is 10.6 Å². The van der Waals surface area contributed by atoms with E-state index < -0.39 is 0 Å². The molecule has 26 heavy (non-hydrogen) atoms. The number of nitrogens with zero attached hydrogens (tertiary/aromatic N) is 2. The molecule has 6 nitrogen and oxygen atoms in total. The average Bonchev–Trinajstić information content (AvgIpc) is 2.95. The number of nitrogens with one attached hydrogen (secondary N) is 2. The fourth-order valence-electron chi connectivity index (χ4n) is 3.07. The Balaban J connectivity index is 1.68. The van der Waals surface area contributed by atoms with Gasteiger partial charge in [-0.05, 0) is 52.0 Å². The highest BCUT2D eigenvalue weighted by Crippen LogP contribution is 2.39. The monoisotopic (exact) mass is 392 g/mol. The first-order valence-corrected chi connectivity index (χ1v) is 10.7. The van der Waals surface area contributed by atoms with Crippen molar-refractivity contribution in [1.29, 1.82) is 0 Å². The second-order valence-electron chi connectivity index (χ2n) is 6.75. The van der Waals surface area contributed by atoms with E-state index in [4.69, 9.17) is 0 Å². The summed E-state index contributed by atoms with van der Waals surface area (Å²) in [6, 6.07) is 0.0656. The number of fused-ring (bicyclic) bond motifs is 3. The number of thioether (sulfide) groups is 1. The van der Waals surface area contributed by atoms with Crippen molar-refractivity contribution in [3.8, 4) is 0 Å². The Morgan fingerprint density at radius 1 is 1.19 bits per heavy atom. The summed E-state index contributed by atoms with van der Waals surface area (Å²) in [4.78, 5) is 35.4. The third-order valence-electron chi connectivity index (χ3n) is 4.13. The van der Waals surface area contributed by atoms with E-state index in [-0.39, 0.29) is 30.2 Å². The van der Waals surface area contributed by atoms with Gasteiger partial charge in [-0.15, -0.1) is 11.3 Å². The molecule has 140 valence electrons. The zero-order chi connectivity index (χ0) is 18.7. The van der Waals surface area contributed by atoms with Gasteiger partial charge in [0.25, 0.3) is 0 Å². The maximum Gasteiger partial charge on any atom is 0.239 e. The van der Waals surface area contributed by atoms with Crippen LogP contribution in [0.4, 0.5) is 0 Å². The first kappa shape index (κ1) is 19.1. The molecule has 0 saturated heterocycles. The lowest BCUT2D eigenvalue weighted by molar-refractivity contribution is -0.125. The standard InChI is InChI=1S/C18H24N4O2S2/c1-10(2)20-14(23)8-19-15(24)9-25-17-16-12-6-4-5-7-13(12)26-18(16)22-11(3)21-17/h10H,4-9H2,1-3H3,(H,19,24)(H,20,23). The van der Waals surface area contributed by atoms with Crippen LogP contribution < -0.4 is 10.6 Å². The van der Waals surface area contributed by atoms with Gasteiger partial charge in [0.1, 0.15) is 15.7 Å². The van der Waals surface area contributed by atoms with Crippen molar-refractivity contribution in [2.45, 2.75) is 57.5 Å². The molecule has 0 radical (unpaired) electrons. The summed E-state index contributed by atoms with van der Waals surface area (Å²) in [5.41, 5.74) is 1.37. The molecule has 2 amide bonds. The molecule has 0 unspecified atom stereocenters. The summed E-state index contributed by atoms with van der Waals surface area (Å²) in [6.07, 6.45) is 4.61. The number of hydrogen-bond donors (Lipinski definition) is 2. The van der Waals surface area contributed by atoms with Crippen LogP contribution in [-0.2, 0) is 22.4 Å². The molecule has 1 aliphatic carbocycles. The molecule has 0 spiro atoms. The topological polar surface area (TPSA) is 84.0 Å². The second kappa shape index (κ2) is 8.35. The molecule has 0 fully saturated rings. The summed E-state index contributed by atoms with van der Waals surface area (Å²) < 4.78 is 0. The predicted octanol–water partition coefficient (Wildman–Crippen LogP) is 2.61. The van der Waals surface area contributed by atoms with Crippen LogP contribution in [0.3, 0.4) is 0 Å². The zero-order valence-electron chi connectivity index (χ0n) is 15.3. The number of rotatable bonds is 6. The van der Waals surface area contributed by atoms with Crippen LogP contribution in [0, 0.1) is 6.92 Å². The maximum absolute atomic E-state index is 12.1. The van der Waals surface area contributed by atoms with E-state index in [2.05, 4.69) is 20.6 Å². The Hall–Kier alpha value is -1.67. The quantitative estimate of drug-likeness (QED) is 0.583. The SMILES string of the molecule is Cc1nc(SCC(=O)NCC(=O)NC(C)C)c2c3c(sc2n1)CCCC3. The number of hydrogen-bond acceptors (Lipinski definition) is 6. The van der Waals surface area contributed by atoms with Crippen LogP contribution in [0.15, 0.2) is 5.03 Å². The molecule has 1 aliphatic rings. The Morgan fingerprint density at radius 2 is 1.96 bits per heavy atom. The molecule has 0 aliphatic heterocycles. The van der Waals surface area contributed by atoms with E-state index in [1.807, 2.05) is 20.8 Å². The van der Waals surface area contributed by atoms with E-state index in [0.717, 1.165) is 33.9 Å². The van der Waals surface area contributed by atoms with Gasteiger partial charge in [0.15, 0.2) is 0 Å². The third kappa shape index (κ3) is 4.54. The van der Waals surface area contributed by atoms with Crippen molar-refractivity contribution in [3.05, 3.63) is 16.3 Å². The van der Waals surface area contributed by atoms with E-state index in [0.29, 0.717) is 0 Å². The van der Waals surface area contributed by atoms with Crippen molar-refractivity contribution >= 4 is 45.1 Å². The van der Waals surface area contributed by atoms with E-state index in [1.165, 1.54) is 35.0 Å². The van der Waals surface area contributed by atoms with E-state index >= 15 is 0 Å². The molecule has 2 heterocycles. The summed E-state index contributed by atoms with van der Waals surface area (Å²) >= 11 is 3.19. The molecular weight excluding hydrogens is 368 g/mol. The summed E-state index contributed by atoms with van der Waals surface area (Å²) in [5, 5.41) is 7.43. The average molecular weight is 393 g/mol. The van der Waals surface area contributed by atoms with Crippen molar-refractivity contribution in [3.63, 3.8) is 0 Å². The molecule has 0 bridgehead atoms. The van der Waals surface area contributed by atoms with E-state index in [9.17, 15) is 9.59 Å². The Morgan fingerprint density at radius 3 is 2.73 bits per heavy atom. The van der Waals surface area contributed by atoms with Crippen molar-refractivity contribution in [1.82, 2.24) is 20.6 Å². The van der Waals surface area contributed by atoms with Gasteiger partial charge in [0, 0.05) is 16.3 Å². The van der Waals surface area contributed by atoms with Crippen LogP contribution in [0.5, 0.6) is 0 Å². The van der Waals surface area contributed by atoms with Gasteiger partial charge in [0.2, 0.25) is 11.8 Å². The lowest BCUT2D eigenvalue weighted by Crippen LogP contribution is -2.40. The van der Waals surface area contributed by atoms with Crippen molar-refractivity contribution in [2.24, 2.45) is 0 Å². The first-order chi connectivity index (χ1) is 12.4. The van der Waals surface area contributed by atoms with Crippen molar-refractivity contribution < 1.29 is 9.59 Å². The van der Waals surface area contributed by atoms with Gasteiger partial charge in [-0.2, -0.15) is 0 Å². The minimum absolute atomic E-state index is 0.00361. The van der Waals surface area contributed by atoms with Crippen LogP contribution in [0.25, 0.3) is 10.2 Å². The third-order valence-corrected chi connectivity index (χ3v) is 6.29. The number of aromatic nitrogens is 2.